The Morgan fingerprint density at radius 2 is 1.96 bits per heavy atom. The Morgan fingerprint density at radius 3 is 2.58 bits per heavy atom. The van der Waals surface area contributed by atoms with Crippen LogP contribution in [0.1, 0.15) is 18.4 Å². The second-order valence-electron chi connectivity index (χ2n) is 6.17. The second-order valence-corrected chi connectivity index (χ2v) is 7.52. The van der Waals surface area contributed by atoms with Crippen LogP contribution in [0.3, 0.4) is 0 Å². The Balaban J connectivity index is 1.48. The molecule has 0 aliphatic carbocycles. The van der Waals surface area contributed by atoms with E-state index in [1.165, 1.54) is 15.4 Å². The number of nitrogens with zero attached hydrogens (tertiary/aromatic N) is 2. The Labute approximate surface area is 145 Å². The first-order chi connectivity index (χ1) is 11.5. The molecule has 2 aliphatic rings. The van der Waals surface area contributed by atoms with Gasteiger partial charge in [-0.3, -0.25) is 14.9 Å². The number of aryl methyl sites for hydroxylation is 1. The lowest BCUT2D eigenvalue weighted by atomic mass is 10.1. The number of urea groups is 1. The van der Waals surface area contributed by atoms with Crippen molar-refractivity contribution in [3.8, 4) is 0 Å². The lowest BCUT2D eigenvalue weighted by Crippen LogP contribution is -2.45. The predicted octanol–water partition coefficient (Wildman–Crippen LogP) is 1.63. The van der Waals surface area contributed by atoms with Gasteiger partial charge in [-0.15, -0.1) is 11.8 Å². The SMILES string of the molecule is Cc1ccccc1SC1CCN(C(=O)CN2CC(=O)NC2=O)CC1. The molecular weight excluding hydrogens is 326 g/mol. The molecule has 0 bridgehead atoms. The normalized spacial score (nSPS) is 18.9. The molecule has 0 aromatic heterocycles. The molecule has 2 fully saturated rings. The number of likely N-dealkylation sites (tertiary alicyclic amines) is 1. The van der Waals surface area contributed by atoms with E-state index in [0.717, 1.165) is 12.8 Å². The van der Waals surface area contributed by atoms with Crippen LogP contribution in [0.25, 0.3) is 0 Å². The number of hydrogen-bond acceptors (Lipinski definition) is 4. The summed E-state index contributed by atoms with van der Waals surface area (Å²) in [6, 6.07) is 7.87. The van der Waals surface area contributed by atoms with E-state index < -0.39 is 6.03 Å². The average Bonchev–Trinajstić information content (AvgIpc) is 2.88. The zero-order valence-electron chi connectivity index (χ0n) is 13.7. The summed E-state index contributed by atoms with van der Waals surface area (Å²) in [5.74, 6) is -0.430. The molecule has 0 unspecified atom stereocenters. The van der Waals surface area contributed by atoms with Crippen molar-refractivity contribution >= 4 is 29.6 Å². The highest BCUT2D eigenvalue weighted by Crippen LogP contribution is 2.32. The standard InChI is InChI=1S/C17H21N3O3S/c1-12-4-2-3-5-14(12)24-13-6-8-19(9-7-13)16(22)11-20-10-15(21)18-17(20)23/h2-5,13H,6-11H2,1H3,(H,18,21,23). The minimum atomic E-state index is -0.474. The largest absolute Gasteiger partial charge is 0.341 e. The third kappa shape index (κ3) is 3.90. The summed E-state index contributed by atoms with van der Waals surface area (Å²) in [6.07, 6.45) is 1.88. The molecular formula is C17H21N3O3S. The van der Waals surface area contributed by atoms with E-state index in [1.54, 1.807) is 4.90 Å². The number of thioether (sulfide) groups is 1. The van der Waals surface area contributed by atoms with Crippen LogP contribution in [-0.2, 0) is 9.59 Å². The van der Waals surface area contributed by atoms with Gasteiger partial charge in [0.2, 0.25) is 11.8 Å². The number of piperidine rings is 1. The van der Waals surface area contributed by atoms with E-state index in [2.05, 4.69) is 30.4 Å². The summed E-state index contributed by atoms with van der Waals surface area (Å²) in [4.78, 5) is 39.3. The maximum Gasteiger partial charge on any atom is 0.325 e. The summed E-state index contributed by atoms with van der Waals surface area (Å²) in [5.41, 5.74) is 1.28. The molecule has 0 atom stereocenters. The number of rotatable bonds is 4. The van der Waals surface area contributed by atoms with Gasteiger partial charge in [-0.2, -0.15) is 0 Å². The Kier molecular flexibility index (Phi) is 5.08. The molecule has 7 heteroatoms. The highest BCUT2D eigenvalue weighted by Gasteiger charge is 2.31. The highest BCUT2D eigenvalue weighted by atomic mass is 32.2. The van der Waals surface area contributed by atoms with E-state index in [9.17, 15) is 14.4 Å². The zero-order chi connectivity index (χ0) is 17.1. The van der Waals surface area contributed by atoms with Crippen LogP contribution in [0.15, 0.2) is 29.2 Å². The molecule has 128 valence electrons. The van der Waals surface area contributed by atoms with E-state index in [0.29, 0.717) is 18.3 Å². The van der Waals surface area contributed by atoms with Gasteiger partial charge in [0.25, 0.3) is 0 Å². The minimum Gasteiger partial charge on any atom is -0.341 e. The van der Waals surface area contributed by atoms with Crippen LogP contribution in [0.4, 0.5) is 4.79 Å². The lowest BCUT2D eigenvalue weighted by molar-refractivity contribution is -0.132. The van der Waals surface area contributed by atoms with Crippen molar-refractivity contribution in [3.63, 3.8) is 0 Å². The van der Waals surface area contributed by atoms with Crippen molar-refractivity contribution in [1.29, 1.82) is 0 Å². The maximum absolute atomic E-state index is 12.3. The van der Waals surface area contributed by atoms with Crippen LogP contribution < -0.4 is 5.32 Å². The molecule has 2 aliphatic heterocycles. The number of imide groups is 1. The van der Waals surface area contributed by atoms with Gasteiger partial charge in [0, 0.05) is 23.2 Å². The van der Waals surface area contributed by atoms with Crippen molar-refractivity contribution in [2.24, 2.45) is 0 Å². The molecule has 6 nitrogen and oxygen atoms in total. The first kappa shape index (κ1) is 16.8. The van der Waals surface area contributed by atoms with Crippen molar-refractivity contribution in [1.82, 2.24) is 15.1 Å². The van der Waals surface area contributed by atoms with Crippen LogP contribution in [-0.4, -0.2) is 59.1 Å². The molecule has 0 spiro atoms. The van der Waals surface area contributed by atoms with Gasteiger partial charge in [0.15, 0.2) is 0 Å². The third-order valence-electron chi connectivity index (χ3n) is 4.38. The molecule has 1 N–H and O–H groups in total. The fourth-order valence-corrected chi connectivity index (χ4v) is 4.18. The highest BCUT2D eigenvalue weighted by molar-refractivity contribution is 8.00. The van der Waals surface area contributed by atoms with E-state index in [4.69, 9.17) is 0 Å². The monoisotopic (exact) mass is 347 g/mol. The molecule has 2 heterocycles. The van der Waals surface area contributed by atoms with Crippen LogP contribution in [0.5, 0.6) is 0 Å². The number of nitrogens with one attached hydrogen (secondary N) is 1. The summed E-state index contributed by atoms with van der Waals surface area (Å²) >= 11 is 1.88. The average molecular weight is 347 g/mol. The first-order valence-electron chi connectivity index (χ1n) is 8.12. The van der Waals surface area contributed by atoms with Crippen molar-refractivity contribution in [2.45, 2.75) is 29.9 Å². The summed E-state index contributed by atoms with van der Waals surface area (Å²) in [6.45, 7) is 3.47. The second kappa shape index (κ2) is 7.25. The van der Waals surface area contributed by atoms with Crippen LogP contribution in [0.2, 0.25) is 0 Å². The van der Waals surface area contributed by atoms with Crippen LogP contribution >= 0.6 is 11.8 Å². The molecule has 0 saturated carbocycles. The van der Waals surface area contributed by atoms with Gasteiger partial charge in [0.05, 0.1) is 0 Å². The van der Waals surface area contributed by atoms with Crippen molar-refractivity contribution in [3.05, 3.63) is 29.8 Å². The molecule has 0 radical (unpaired) electrons. The molecule has 3 rings (SSSR count). The quantitative estimate of drug-likeness (QED) is 0.841. The number of hydrogen-bond donors (Lipinski definition) is 1. The summed E-state index contributed by atoms with van der Waals surface area (Å²) in [7, 11) is 0. The third-order valence-corrected chi connectivity index (χ3v) is 5.89. The molecule has 1 aromatic carbocycles. The van der Waals surface area contributed by atoms with Gasteiger partial charge >= 0.3 is 6.03 Å². The van der Waals surface area contributed by atoms with Gasteiger partial charge < -0.3 is 9.80 Å². The molecule has 4 amide bonds. The Bertz CT molecular complexity index is 656. The van der Waals surface area contributed by atoms with Gasteiger partial charge in [-0.25, -0.2) is 4.79 Å². The van der Waals surface area contributed by atoms with Crippen molar-refractivity contribution in [2.75, 3.05) is 26.2 Å². The number of carbonyl (C=O) groups is 3. The minimum absolute atomic E-state index is 0.0207. The molecule has 2 saturated heterocycles. The number of carbonyl (C=O) groups excluding carboxylic acids is 3. The van der Waals surface area contributed by atoms with Gasteiger partial charge in [-0.1, -0.05) is 18.2 Å². The Hall–Kier alpha value is -2.02. The van der Waals surface area contributed by atoms with E-state index in [-0.39, 0.29) is 24.9 Å². The Morgan fingerprint density at radius 1 is 1.25 bits per heavy atom. The smallest absolute Gasteiger partial charge is 0.325 e. The fourth-order valence-electron chi connectivity index (χ4n) is 2.97. The topological polar surface area (TPSA) is 69.7 Å². The maximum atomic E-state index is 12.3. The molecule has 1 aromatic rings. The fraction of sp³-hybridized carbons (Fsp3) is 0.471. The van der Waals surface area contributed by atoms with Gasteiger partial charge in [-0.05, 0) is 31.4 Å². The predicted molar refractivity (Wildman–Crippen MR) is 91.7 cm³/mol. The lowest BCUT2D eigenvalue weighted by Gasteiger charge is -2.32. The van der Waals surface area contributed by atoms with Crippen molar-refractivity contribution < 1.29 is 14.4 Å². The first-order valence-corrected chi connectivity index (χ1v) is 8.99. The van der Waals surface area contributed by atoms with E-state index >= 15 is 0 Å². The summed E-state index contributed by atoms with van der Waals surface area (Å²) in [5, 5.41) is 2.70. The molecule has 24 heavy (non-hydrogen) atoms. The van der Waals surface area contributed by atoms with Crippen LogP contribution in [0, 0.1) is 6.92 Å². The summed E-state index contributed by atoms with van der Waals surface area (Å²) < 4.78 is 0. The zero-order valence-corrected chi connectivity index (χ0v) is 14.5. The number of amides is 4. The number of benzene rings is 1. The van der Waals surface area contributed by atoms with E-state index in [1.807, 2.05) is 17.8 Å². The van der Waals surface area contributed by atoms with Gasteiger partial charge in [0.1, 0.15) is 13.1 Å².